The van der Waals surface area contributed by atoms with Crippen LogP contribution in [0.5, 0.6) is 5.88 Å². The lowest BCUT2D eigenvalue weighted by atomic mass is 9.97. The summed E-state index contributed by atoms with van der Waals surface area (Å²) >= 11 is 0. The Labute approximate surface area is 345 Å². The van der Waals surface area contributed by atoms with Gasteiger partial charge in [0, 0.05) is 23.7 Å². The summed E-state index contributed by atoms with van der Waals surface area (Å²) in [5, 5.41) is 4.90. The second-order valence-electron chi connectivity index (χ2n) is 15.2. The summed E-state index contributed by atoms with van der Waals surface area (Å²) in [6.45, 7) is 8.72. The Balaban J connectivity index is 1.28. The maximum Gasteiger partial charge on any atom is 0.239 e. The Kier molecular flexibility index (Phi) is 14.3. The molecule has 8 nitrogen and oxygen atoms in total. The van der Waals surface area contributed by atoms with Crippen LogP contribution in [-0.4, -0.2) is 47.1 Å². The Morgan fingerprint density at radius 2 is 1.10 bits per heavy atom. The highest BCUT2D eigenvalue weighted by atomic mass is 19.2. The smallest absolute Gasteiger partial charge is 0.239 e. The molecule has 5 aromatic carbocycles. The molecule has 10 heteroatoms. The number of aromatic nitrogens is 2. The van der Waals surface area contributed by atoms with E-state index in [4.69, 9.17) is 33.5 Å². The highest BCUT2D eigenvalue weighted by Gasteiger charge is 2.50. The molecule has 0 spiro atoms. The number of hydrogen-bond donors (Lipinski definition) is 0. The first-order chi connectivity index (χ1) is 28.7. The van der Waals surface area contributed by atoms with Crippen molar-refractivity contribution in [3.8, 4) is 5.88 Å². The summed E-state index contributed by atoms with van der Waals surface area (Å²) < 4.78 is 72.8. The number of aryl methyl sites for hydroxylation is 1. The van der Waals surface area contributed by atoms with Gasteiger partial charge in [0.15, 0.2) is 11.6 Å². The quantitative estimate of drug-likeness (QED) is 0.0857. The standard InChI is InChI=1S/C49H52F2N2O6/c1-33(2)53-35(4)41(27-40-26-25-34(3)43(50)44(40)51)48(52-53)59-49-47(57-31-39-23-15-8-16-24-39)46(56-30-38-21-13-7-14-22-38)45(55-29-37-19-11-6-12-20-37)42(58-49)32-54-28-36-17-9-5-10-18-36/h5-26,33,42,45-47,49H,27-32H2,1-4H3/t42-,45-,46+,47-,49+/m1/s1. The fourth-order valence-electron chi connectivity index (χ4n) is 7.29. The third-order valence-electron chi connectivity index (χ3n) is 10.5. The molecular formula is C49H52F2N2O6. The lowest BCUT2D eigenvalue weighted by Gasteiger charge is -2.45. The van der Waals surface area contributed by atoms with Crippen LogP contribution in [0.3, 0.4) is 0 Å². The van der Waals surface area contributed by atoms with E-state index in [1.165, 1.54) is 0 Å². The van der Waals surface area contributed by atoms with Crippen LogP contribution < -0.4 is 4.74 Å². The molecule has 6 aromatic rings. The molecule has 1 saturated heterocycles. The van der Waals surface area contributed by atoms with E-state index in [0.29, 0.717) is 12.2 Å². The minimum atomic E-state index is -1.09. The van der Waals surface area contributed by atoms with Gasteiger partial charge in [0.2, 0.25) is 12.2 Å². The molecule has 0 saturated carbocycles. The summed E-state index contributed by atoms with van der Waals surface area (Å²) in [6.07, 6.45) is -3.99. The van der Waals surface area contributed by atoms with Crippen molar-refractivity contribution in [2.75, 3.05) is 6.61 Å². The molecule has 0 N–H and O–H groups in total. The molecule has 0 unspecified atom stereocenters. The molecule has 0 radical (unpaired) electrons. The Bertz CT molecular complexity index is 2200. The molecule has 0 bridgehead atoms. The van der Waals surface area contributed by atoms with Gasteiger partial charge in [0.1, 0.15) is 24.4 Å². The van der Waals surface area contributed by atoms with Gasteiger partial charge in [-0.25, -0.2) is 8.78 Å². The van der Waals surface area contributed by atoms with Gasteiger partial charge in [-0.15, -0.1) is 5.10 Å². The number of halogens is 2. The first-order valence-electron chi connectivity index (χ1n) is 20.2. The van der Waals surface area contributed by atoms with E-state index in [2.05, 4.69) is 0 Å². The zero-order valence-corrected chi connectivity index (χ0v) is 34.0. The molecular weight excluding hydrogens is 751 g/mol. The molecule has 7 rings (SSSR count). The predicted octanol–water partition coefficient (Wildman–Crippen LogP) is 10.0. The summed E-state index contributed by atoms with van der Waals surface area (Å²) in [5.41, 5.74) is 5.70. The molecule has 0 amide bonds. The zero-order chi connectivity index (χ0) is 41.1. The fraction of sp³-hybridized carbons (Fsp3) is 0.327. The van der Waals surface area contributed by atoms with Crippen LogP contribution >= 0.6 is 0 Å². The molecule has 1 fully saturated rings. The van der Waals surface area contributed by atoms with Crippen molar-refractivity contribution in [3.63, 3.8) is 0 Å². The Morgan fingerprint density at radius 3 is 1.63 bits per heavy atom. The van der Waals surface area contributed by atoms with Gasteiger partial charge in [0.25, 0.3) is 0 Å². The van der Waals surface area contributed by atoms with Crippen LogP contribution in [0.1, 0.15) is 64.5 Å². The summed E-state index contributed by atoms with van der Waals surface area (Å²) in [5.74, 6) is -1.54. The molecule has 308 valence electrons. The van der Waals surface area contributed by atoms with Crippen molar-refractivity contribution in [2.45, 2.75) is 97.3 Å². The number of rotatable bonds is 18. The van der Waals surface area contributed by atoms with E-state index in [0.717, 1.165) is 27.9 Å². The van der Waals surface area contributed by atoms with Crippen molar-refractivity contribution in [1.82, 2.24) is 9.78 Å². The largest absolute Gasteiger partial charge is 0.443 e. The van der Waals surface area contributed by atoms with Crippen LogP contribution in [0.15, 0.2) is 133 Å². The molecule has 1 aliphatic rings. The average Bonchev–Trinajstić information content (AvgIpc) is 3.57. The minimum absolute atomic E-state index is 0.0412. The number of ether oxygens (including phenoxy) is 6. The molecule has 59 heavy (non-hydrogen) atoms. The molecule has 5 atom stereocenters. The maximum atomic E-state index is 15.4. The van der Waals surface area contributed by atoms with Gasteiger partial charge < -0.3 is 28.4 Å². The van der Waals surface area contributed by atoms with Gasteiger partial charge in [-0.3, -0.25) is 4.68 Å². The van der Waals surface area contributed by atoms with Gasteiger partial charge in [-0.2, -0.15) is 0 Å². The molecule has 1 aliphatic heterocycles. The van der Waals surface area contributed by atoms with E-state index in [-0.39, 0.29) is 55.9 Å². The SMILES string of the molecule is Cc1ccc(Cc2c(O[C@@H]3O[C@H](COCc4ccccc4)[C@@H](OCc4ccccc4)[C@H](OCc4ccccc4)[C@H]3OCc3ccccc3)nn(C(C)C)c2C)c(F)c1F. The van der Waals surface area contributed by atoms with E-state index < -0.39 is 42.3 Å². The fourth-order valence-corrected chi connectivity index (χ4v) is 7.29. The lowest BCUT2D eigenvalue weighted by Crippen LogP contribution is -2.62. The normalized spacial score (nSPS) is 19.3. The van der Waals surface area contributed by atoms with Crippen molar-refractivity contribution in [2.24, 2.45) is 0 Å². The zero-order valence-electron chi connectivity index (χ0n) is 34.0. The summed E-state index contributed by atoms with van der Waals surface area (Å²) in [4.78, 5) is 0. The second-order valence-corrected chi connectivity index (χ2v) is 15.2. The van der Waals surface area contributed by atoms with Crippen LogP contribution in [-0.2, 0) is 56.5 Å². The number of nitrogens with zero attached hydrogens (tertiary/aromatic N) is 2. The monoisotopic (exact) mass is 802 g/mol. The Hall–Kier alpha value is -5.23. The van der Waals surface area contributed by atoms with E-state index in [1.54, 1.807) is 19.1 Å². The number of benzene rings is 5. The van der Waals surface area contributed by atoms with Crippen molar-refractivity contribution in [3.05, 3.63) is 190 Å². The Morgan fingerprint density at radius 1 is 0.610 bits per heavy atom. The van der Waals surface area contributed by atoms with Crippen molar-refractivity contribution in [1.29, 1.82) is 0 Å². The van der Waals surface area contributed by atoms with Gasteiger partial charge in [-0.05, 0) is 61.1 Å². The maximum absolute atomic E-state index is 15.4. The van der Waals surface area contributed by atoms with E-state index in [1.807, 2.05) is 147 Å². The number of hydrogen-bond acceptors (Lipinski definition) is 7. The molecule has 1 aromatic heterocycles. The van der Waals surface area contributed by atoms with Gasteiger partial charge in [0.05, 0.1) is 33.0 Å². The summed E-state index contributed by atoms with van der Waals surface area (Å²) in [6, 6.07) is 42.8. The van der Waals surface area contributed by atoms with Crippen LogP contribution in [0, 0.1) is 25.5 Å². The lowest BCUT2D eigenvalue weighted by molar-refractivity contribution is -0.310. The highest BCUT2D eigenvalue weighted by Crippen LogP contribution is 2.35. The average molecular weight is 803 g/mol. The third-order valence-corrected chi connectivity index (χ3v) is 10.5. The topological polar surface area (TPSA) is 73.2 Å². The van der Waals surface area contributed by atoms with Crippen molar-refractivity contribution < 1.29 is 37.2 Å². The first-order valence-corrected chi connectivity index (χ1v) is 20.2. The van der Waals surface area contributed by atoms with Crippen LogP contribution in [0.2, 0.25) is 0 Å². The first kappa shape index (κ1) is 41.9. The summed E-state index contributed by atoms with van der Waals surface area (Å²) in [7, 11) is 0. The minimum Gasteiger partial charge on any atom is -0.443 e. The molecule has 2 heterocycles. The second kappa shape index (κ2) is 20.2. The van der Waals surface area contributed by atoms with Gasteiger partial charge >= 0.3 is 0 Å². The predicted molar refractivity (Wildman–Crippen MR) is 222 cm³/mol. The molecule has 0 aliphatic carbocycles. The third kappa shape index (κ3) is 10.7. The highest BCUT2D eigenvalue weighted by molar-refractivity contribution is 5.38. The van der Waals surface area contributed by atoms with Crippen LogP contribution in [0.4, 0.5) is 8.78 Å². The van der Waals surface area contributed by atoms with E-state index in [9.17, 15) is 4.39 Å². The van der Waals surface area contributed by atoms with Crippen LogP contribution in [0.25, 0.3) is 0 Å². The van der Waals surface area contributed by atoms with Crippen molar-refractivity contribution >= 4 is 0 Å². The van der Waals surface area contributed by atoms with E-state index >= 15 is 4.39 Å². The van der Waals surface area contributed by atoms with Gasteiger partial charge in [-0.1, -0.05) is 133 Å².